The zero-order valence-corrected chi connectivity index (χ0v) is 17.0. The van der Waals surface area contributed by atoms with Gasteiger partial charge in [0.25, 0.3) is 5.91 Å². The van der Waals surface area contributed by atoms with E-state index in [0.717, 1.165) is 29.6 Å². The second-order valence-electron chi connectivity index (χ2n) is 8.25. The molecule has 7 nitrogen and oxygen atoms in total. The van der Waals surface area contributed by atoms with E-state index in [1.165, 1.54) is 30.6 Å². The van der Waals surface area contributed by atoms with Gasteiger partial charge in [-0.1, -0.05) is 6.07 Å². The third kappa shape index (κ3) is 3.54. The van der Waals surface area contributed by atoms with Crippen LogP contribution in [0.2, 0.25) is 0 Å². The Hall–Kier alpha value is -3.36. The van der Waals surface area contributed by atoms with E-state index in [9.17, 15) is 13.6 Å². The van der Waals surface area contributed by atoms with Crippen molar-refractivity contribution in [2.45, 2.75) is 38.3 Å². The van der Waals surface area contributed by atoms with Gasteiger partial charge in [0, 0.05) is 18.8 Å². The number of aryl methyl sites for hydroxylation is 1. The average Bonchev–Trinajstić information content (AvgIpc) is 3.30. The van der Waals surface area contributed by atoms with Crippen molar-refractivity contribution >= 4 is 11.7 Å². The van der Waals surface area contributed by atoms with Crippen LogP contribution in [0.3, 0.4) is 0 Å². The summed E-state index contributed by atoms with van der Waals surface area (Å²) in [5, 5.41) is 11.2. The number of nitrogens with one attached hydrogen (secondary N) is 1. The summed E-state index contributed by atoms with van der Waals surface area (Å²) in [6.07, 6.45) is 7.13. The van der Waals surface area contributed by atoms with Gasteiger partial charge in [0.1, 0.15) is 5.69 Å². The van der Waals surface area contributed by atoms with Crippen molar-refractivity contribution in [1.29, 1.82) is 0 Å². The molecule has 0 radical (unpaired) electrons. The molecular weight excluding hydrogens is 402 g/mol. The van der Waals surface area contributed by atoms with Gasteiger partial charge in [-0.2, -0.15) is 10.2 Å². The lowest BCUT2D eigenvalue weighted by atomic mass is 9.76. The predicted octanol–water partition coefficient (Wildman–Crippen LogP) is 3.35. The molecule has 31 heavy (non-hydrogen) atoms. The number of benzene rings is 1. The first kappa shape index (κ1) is 19.6. The van der Waals surface area contributed by atoms with Gasteiger partial charge < -0.3 is 10.2 Å². The highest BCUT2D eigenvalue weighted by Crippen LogP contribution is 2.38. The summed E-state index contributed by atoms with van der Waals surface area (Å²) >= 11 is 0. The molecule has 1 N–H and O–H groups in total. The first-order valence-electron chi connectivity index (χ1n) is 10.4. The number of aromatic nitrogens is 4. The lowest BCUT2D eigenvalue weighted by Crippen LogP contribution is -2.60. The van der Waals surface area contributed by atoms with Crippen LogP contribution in [0.4, 0.5) is 14.6 Å². The van der Waals surface area contributed by atoms with Crippen molar-refractivity contribution in [3.8, 4) is 5.69 Å². The fourth-order valence-electron chi connectivity index (χ4n) is 4.78. The zero-order chi connectivity index (χ0) is 21.5. The summed E-state index contributed by atoms with van der Waals surface area (Å²) in [7, 11) is 0. The third-order valence-corrected chi connectivity index (χ3v) is 6.17. The number of hydrogen-bond acceptors (Lipinski definition) is 5. The van der Waals surface area contributed by atoms with E-state index in [1.807, 2.05) is 0 Å². The lowest BCUT2D eigenvalue weighted by molar-refractivity contribution is 0.0280. The highest BCUT2D eigenvalue weighted by molar-refractivity contribution is 5.98. The first-order valence-corrected chi connectivity index (χ1v) is 10.4. The average molecular weight is 424 g/mol. The van der Waals surface area contributed by atoms with Crippen LogP contribution in [0.5, 0.6) is 0 Å². The molecule has 3 unspecified atom stereocenters. The van der Waals surface area contributed by atoms with E-state index in [-0.39, 0.29) is 35.1 Å². The summed E-state index contributed by atoms with van der Waals surface area (Å²) in [4.78, 5) is 20.6. The lowest BCUT2D eigenvalue weighted by Gasteiger charge is -2.50. The molecule has 160 valence electrons. The SMILES string of the molecule is Cc1cnc(NC2CC3CCC2N(C(=O)c2cccc(F)c2-n2nccn2)C3)c(F)c1. The molecule has 1 amide bonds. The van der Waals surface area contributed by atoms with Crippen LogP contribution in [-0.2, 0) is 0 Å². The van der Waals surface area contributed by atoms with Crippen molar-refractivity contribution in [3.63, 3.8) is 0 Å². The fraction of sp³-hybridized carbons (Fsp3) is 0.364. The Kier molecular flexibility index (Phi) is 4.88. The quantitative estimate of drug-likeness (QED) is 0.695. The van der Waals surface area contributed by atoms with Crippen LogP contribution < -0.4 is 5.32 Å². The number of hydrogen-bond donors (Lipinski definition) is 1. The maximum atomic E-state index is 14.6. The number of carbonyl (C=O) groups is 1. The molecule has 3 aliphatic rings. The molecule has 0 spiro atoms. The largest absolute Gasteiger partial charge is 0.363 e. The molecule has 3 fully saturated rings. The molecule has 3 aromatic rings. The smallest absolute Gasteiger partial charge is 0.256 e. The Morgan fingerprint density at radius 2 is 1.97 bits per heavy atom. The fourth-order valence-corrected chi connectivity index (χ4v) is 4.78. The summed E-state index contributed by atoms with van der Waals surface area (Å²) < 4.78 is 29.0. The van der Waals surface area contributed by atoms with Gasteiger partial charge in [-0.25, -0.2) is 13.8 Å². The molecule has 1 aliphatic carbocycles. The van der Waals surface area contributed by atoms with E-state index in [2.05, 4.69) is 20.5 Å². The maximum Gasteiger partial charge on any atom is 0.256 e. The van der Waals surface area contributed by atoms with Gasteiger partial charge in [-0.3, -0.25) is 4.79 Å². The number of carbonyl (C=O) groups excluding carboxylic acids is 1. The number of amides is 1. The molecule has 2 saturated heterocycles. The van der Waals surface area contributed by atoms with Crippen molar-refractivity contribution < 1.29 is 13.6 Å². The van der Waals surface area contributed by atoms with Crippen LogP contribution >= 0.6 is 0 Å². The molecule has 2 aromatic heterocycles. The van der Waals surface area contributed by atoms with Crippen LogP contribution in [-0.4, -0.2) is 49.4 Å². The van der Waals surface area contributed by atoms with E-state index in [4.69, 9.17) is 0 Å². The number of halogens is 2. The summed E-state index contributed by atoms with van der Waals surface area (Å²) in [5.41, 5.74) is 0.993. The second-order valence-corrected chi connectivity index (χ2v) is 8.25. The topological polar surface area (TPSA) is 75.9 Å². The van der Waals surface area contributed by atoms with Gasteiger partial charge in [-0.05, 0) is 55.9 Å². The summed E-state index contributed by atoms with van der Waals surface area (Å²) in [5.74, 6) is -0.755. The van der Waals surface area contributed by atoms with Crippen LogP contribution in [0.25, 0.3) is 5.69 Å². The van der Waals surface area contributed by atoms with Gasteiger partial charge >= 0.3 is 0 Å². The number of para-hydroxylation sites is 1. The Morgan fingerprint density at radius 1 is 1.16 bits per heavy atom. The molecule has 4 heterocycles. The Balaban J connectivity index is 1.45. The minimum absolute atomic E-state index is 0.0368. The molecule has 2 bridgehead atoms. The van der Waals surface area contributed by atoms with Gasteiger partial charge in [0.05, 0.1) is 24.0 Å². The number of anilines is 1. The standard InChI is InChI=1S/C22H22F2N6O/c1-13-9-17(24)21(25-11-13)28-18-10-14-5-6-19(18)29(12-14)22(31)15-3-2-4-16(23)20(15)30-26-7-8-27-30/h2-4,7-9,11,14,18-19H,5-6,10,12H2,1H3,(H,25,28). The molecule has 6 rings (SSSR count). The number of nitrogens with zero attached hydrogens (tertiary/aromatic N) is 5. The molecule has 2 aliphatic heterocycles. The Labute approximate surface area is 178 Å². The van der Waals surface area contributed by atoms with Crippen molar-refractivity contribution in [1.82, 2.24) is 24.9 Å². The minimum Gasteiger partial charge on any atom is -0.363 e. The Bertz CT molecular complexity index is 1120. The van der Waals surface area contributed by atoms with E-state index < -0.39 is 11.6 Å². The molecule has 1 aromatic carbocycles. The van der Waals surface area contributed by atoms with Crippen molar-refractivity contribution in [2.24, 2.45) is 5.92 Å². The molecule has 9 heteroatoms. The molecule has 1 saturated carbocycles. The Morgan fingerprint density at radius 3 is 2.71 bits per heavy atom. The highest BCUT2D eigenvalue weighted by atomic mass is 19.1. The number of fused-ring (bicyclic) bond motifs is 3. The molecular formula is C22H22F2N6O. The van der Waals surface area contributed by atoms with Gasteiger partial charge in [0.2, 0.25) is 0 Å². The maximum absolute atomic E-state index is 14.6. The predicted molar refractivity (Wildman–Crippen MR) is 110 cm³/mol. The van der Waals surface area contributed by atoms with Gasteiger partial charge in [-0.15, -0.1) is 4.80 Å². The monoisotopic (exact) mass is 424 g/mol. The van der Waals surface area contributed by atoms with Crippen molar-refractivity contribution in [3.05, 3.63) is 65.6 Å². The van der Waals surface area contributed by atoms with E-state index >= 15 is 0 Å². The highest BCUT2D eigenvalue weighted by Gasteiger charge is 2.44. The second kappa shape index (κ2) is 7.72. The van der Waals surface area contributed by atoms with Crippen LogP contribution in [0.15, 0.2) is 42.9 Å². The molecule has 3 atom stereocenters. The van der Waals surface area contributed by atoms with E-state index in [0.29, 0.717) is 12.5 Å². The number of rotatable bonds is 4. The summed E-state index contributed by atoms with van der Waals surface area (Å²) in [6, 6.07) is 5.57. The minimum atomic E-state index is -0.565. The van der Waals surface area contributed by atoms with Crippen molar-refractivity contribution in [2.75, 3.05) is 11.9 Å². The summed E-state index contributed by atoms with van der Waals surface area (Å²) in [6.45, 7) is 2.38. The number of piperidine rings is 2. The first-order chi connectivity index (χ1) is 15.0. The van der Waals surface area contributed by atoms with Gasteiger partial charge in [0.15, 0.2) is 17.5 Å². The number of pyridine rings is 1. The van der Waals surface area contributed by atoms with Crippen LogP contribution in [0.1, 0.15) is 35.2 Å². The van der Waals surface area contributed by atoms with E-state index in [1.54, 1.807) is 24.1 Å². The third-order valence-electron chi connectivity index (χ3n) is 6.17. The van der Waals surface area contributed by atoms with Crippen LogP contribution in [0, 0.1) is 24.5 Å². The zero-order valence-electron chi connectivity index (χ0n) is 17.0. The normalized spacial score (nSPS) is 22.5.